The molecule has 0 radical (unpaired) electrons. The number of nitrogens with zero attached hydrogens (tertiary/aromatic N) is 2. The van der Waals surface area contributed by atoms with Crippen molar-refractivity contribution in [3.05, 3.63) is 56.3 Å². The minimum atomic E-state index is 1.13. The number of thiophene rings is 4. The van der Waals surface area contributed by atoms with Crippen LogP contribution in [0.25, 0.3) is 48.9 Å². The standard InChI is InChI=1S/C70H110N2S6/c1-7-11-15-19-23-27-31-35-39-43-47-57-51-55(5)73-63(57)64-59(49-45-41-37-33-29-25-21-17-13-9-3)53-61(75-64)62-54-60(50-46-42-38-34-30-26-22-18-14-10-4)66(76-62)68-72-70-69(78-68)71-67(77-70)65-58(52-56(6)74-65)48-44-40-36-32-28-24-20-16-12-8-2/h51-54H,7-50H2,1-6H3. The van der Waals surface area contributed by atoms with Gasteiger partial charge in [0.05, 0.1) is 9.75 Å². The summed E-state index contributed by atoms with van der Waals surface area (Å²) in [6, 6.07) is 10.3. The van der Waals surface area contributed by atoms with Crippen LogP contribution in [0.5, 0.6) is 0 Å². The van der Waals surface area contributed by atoms with Crippen LogP contribution in [0.1, 0.15) is 317 Å². The zero-order valence-electron chi connectivity index (χ0n) is 50.8. The van der Waals surface area contributed by atoms with E-state index < -0.39 is 0 Å². The Bertz CT molecular complexity index is 2420. The Morgan fingerprint density at radius 3 is 0.821 bits per heavy atom. The summed E-state index contributed by atoms with van der Waals surface area (Å²) in [4.78, 5) is 24.9. The van der Waals surface area contributed by atoms with Gasteiger partial charge in [-0.25, -0.2) is 9.97 Å². The lowest BCUT2D eigenvalue weighted by atomic mass is 10.0. The van der Waals surface area contributed by atoms with Crippen LogP contribution in [-0.2, 0) is 25.7 Å². The van der Waals surface area contributed by atoms with Gasteiger partial charge < -0.3 is 0 Å². The third-order valence-electron chi connectivity index (χ3n) is 16.5. The number of unbranched alkanes of at least 4 members (excludes halogenated alkanes) is 36. The number of aromatic nitrogens is 2. The molecule has 6 aromatic heterocycles. The van der Waals surface area contributed by atoms with E-state index in [0.717, 1.165) is 16.1 Å². The summed E-state index contributed by atoms with van der Waals surface area (Å²) < 4.78 is 0. The van der Waals surface area contributed by atoms with E-state index >= 15 is 0 Å². The maximum absolute atomic E-state index is 5.50. The van der Waals surface area contributed by atoms with Gasteiger partial charge in [-0.05, 0) is 112 Å². The monoisotopic (exact) mass is 1170 g/mol. The fourth-order valence-corrected chi connectivity index (χ4v) is 18.9. The maximum Gasteiger partial charge on any atom is 0.155 e. The summed E-state index contributed by atoms with van der Waals surface area (Å²) >= 11 is 11.9. The summed E-state index contributed by atoms with van der Waals surface area (Å²) in [5, 5.41) is 2.38. The minimum absolute atomic E-state index is 1.13. The number of fused-ring (bicyclic) bond motifs is 1. The van der Waals surface area contributed by atoms with Gasteiger partial charge >= 0.3 is 0 Å². The van der Waals surface area contributed by atoms with Crippen molar-refractivity contribution in [2.75, 3.05) is 0 Å². The Balaban J connectivity index is 1.18. The fraction of sp³-hybridized carbons (Fsp3) is 0.714. The van der Waals surface area contributed by atoms with E-state index in [9.17, 15) is 0 Å². The van der Waals surface area contributed by atoms with Crippen molar-refractivity contribution >= 4 is 77.7 Å². The smallest absolute Gasteiger partial charge is 0.155 e. The molecule has 0 N–H and O–H groups in total. The summed E-state index contributed by atoms with van der Waals surface area (Å²) in [5.41, 5.74) is 6.24. The number of rotatable bonds is 48. The average Bonchev–Trinajstić information content (AvgIpc) is 4.40. The van der Waals surface area contributed by atoms with Crippen LogP contribution in [0.4, 0.5) is 0 Å². The van der Waals surface area contributed by atoms with Crippen molar-refractivity contribution in [3.8, 4) is 39.3 Å². The van der Waals surface area contributed by atoms with Crippen molar-refractivity contribution in [1.29, 1.82) is 0 Å². The molecule has 8 heteroatoms. The molecule has 436 valence electrons. The highest BCUT2D eigenvalue weighted by Crippen LogP contribution is 2.49. The third-order valence-corrected chi connectivity index (χ3v) is 23.7. The fourth-order valence-electron chi connectivity index (χ4n) is 11.8. The lowest BCUT2D eigenvalue weighted by Gasteiger charge is -2.07. The topological polar surface area (TPSA) is 25.8 Å². The molecule has 6 aromatic rings. The number of hydrogen-bond acceptors (Lipinski definition) is 8. The van der Waals surface area contributed by atoms with E-state index in [2.05, 4.69) is 88.5 Å². The van der Waals surface area contributed by atoms with Gasteiger partial charge in [0.1, 0.15) is 10.0 Å². The Labute approximate surface area is 503 Å². The second kappa shape index (κ2) is 39.7. The highest BCUT2D eigenvalue weighted by Gasteiger charge is 2.23. The predicted octanol–water partition coefficient (Wildman–Crippen LogP) is 27.1. The molecule has 0 spiro atoms. The van der Waals surface area contributed by atoms with Gasteiger partial charge in [-0.2, -0.15) is 0 Å². The molecule has 0 atom stereocenters. The molecule has 0 saturated heterocycles. The van der Waals surface area contributed by atoms with Gasteiger partial charge in [-0.1, -0.05) is 282 Å². The maximum atomic E-state index is 5.50. The normalized spacial score (nSPS) is 11.9. The molecule has 0 unspecified atom stereocenters. The number of thiazole rings is 2. The van der Waals surface area contributed by atoms with Crippen LogP contribution in [0.3, 0.4) is 0 Å². The number of aryl methyl sites for hydroxylation is 6. The van der Waals surface area contributed by atoms with Crippen molar-refractivity contribution in [3.63, 3.8) is 0 Å². The molecule has 2 nitrogen and oxygen atoms in total. The average molecular weight is 1170 g/mol. The van der Waals surface area contributed by atoms with Crippen LogP contribution < -0.4 is 0 Å². The van der Waals surface area contributed by atoms with Crippen molar-refractivity contribution in [2.45, 2.75) is 324 Å². The molecular formula is C70H110N2S6. The van der Waals surface area contributed by atoms with Gasteiger partial charge in [0.2, 0.25) is 0 Å². The third kappa shape index (κ3) is 23.5. The Kier molecular flexibility index (Phi) is 33.4. The minimum Gasteiger partial charge on any atom is -0.222 e. The van der Waals surface area contributed by atoms with Gasteiger partial charge in [-0.15, -0.1) is 45.3 Å². The van der Waals surface area contributed by atoms with Crippen LogP contribution in [0.2, 0.25) is 0 Å². The molecule has 78 heavy (non-hydrogen) atoms. The first kappa shape index (κ1) is 65.5. The first-order valence-electron chi connectivity index (χ1n) is 33.1. The molecule has 0 amide bonds. The summed E-state index contributed by atoms with van der Waals surface area (Å²) in [6.07, 6.45) is 60.1. The molecular weight excluding hydrogens is 1060 g/mol. The molecule has 0 aromatic carbocycles. The van der Waals surface area contributed by atoms with Crippen molar-refractivity contribution < 1.29 is 0 Å². The highest BCUT2D eigenvalue weighted by atomic mass is 32.1. The SMILES string of the molecule is CCCCCCCCCCCCc1cc(C)sc1-c1nc2sc(-c3sc(-c4cc(CCCCCCCCCCCC)c(-c5sc(C)cc5CCCCCCCCCCCC)s4)cc3CCCCCCCCCCCC)nc2s1. The van der Waals surface area contributed by atoms with E-state index in [1.165, 1.54) is 327 Å². The van der Waals surface area contributed by atoms with E-state index in [0.29, 0.717) is 0 Å². The molecule has 0 fully saturated rings. The van der Waals surface area contributed by atoms with Crippen molar-refractivity contribution in [1.82, 2.24) is 9.97 Å². The van der Waals surface area contributed by atoms with E-state index in [-0.39, 0.29) is 0 Å². The quantitative estimate of drug-likeness (QED) is 0.0356. The van der Waals surface area contributed by atoms with E-state index in [1.807, 2.05) is 45.3 Å². The largest absolute Gasteiger partial charge is 0.222 e. The van der Waals surface area contributed by atoms with E-state index in [4.69, 9.17) is 9.97 Å². The van der Waals surface area contributed by atoms with Crippen LogP contribution >= 0.6 is 68.0 Å². The predicted molar refractivity (Wildman–Crippen MR) is 360 cm³/mol. The lowest BCUT2D eigenvalue weighted by Crippen LogP contribution is -1.90. The molecule has 0 aliphatic rings. The Morgan fingerprint density at radius 2 is 0.487 bits per heavy atom. The van der Waals surface area contributed by atoms with Crippen LogP contribution in [0.15, 0.2) is 24.3 Å². The van der Waals surface area contributed by atoms with Crippen molar-refractivity contribution in [2.24, 2.45) is 0 Å². The Morgan fingerprint density at radius 1 is 0.256 bits per heavy atom. The van der Waals surface area contributed by atoms with Gasteiger partial charge in [0.25, 0.3) is 0 Å². The molecule has 6 heterocycles. The zero-order chi connectivity index (χ0) is 54.8. The molecule has 0 saturated carbocycles. The van der Waals surface area contributed by atoms with Gasteiger partial charge in [0, 0.05) is 29.3 Å². The van der Waals surface area contributed by atoms with Crippen LogP contribution in [-0.4, -0.2) is 9.97 Å². The van der Waals surface area contributed by atoms with Gasteiger partial charge in [-0.3, -0.25) is 0 Å². The second-order valence-corrected chi connectivity index (χ2v) is 30.3. The van der Waals surface area contributed by atoms with Crippen LogP contribution in [0, 0.1) is 13.8 Å². The molecule has 0 bridgehead atoms. The summed E-state index contributed by atoms with van der Waals surface area (Å²) in [7, 11) is 0. The first-order chi connectivity index (χ1) is 38.4. The number of hydrogen-bond donors (Lipinski definition) is 0. The highest BCUT2D eigenvalue weighted by molar-refractivity contribution is 7.33. The molecule has 6 rings (SSSR count). The second-order valence-electron chi connectivity index (χ2n) is 23.7. The zero-order valence-corrected chi connectivity index (χ0v) is 55.7. The lowest BCUT2D eigenvalue weighted by molar-refractivity contribution is 0.556. The summed E-state index contributed by atoms with van der Waals surface area (Å²) in [5.74, 6) is 0. The first-order valence-corrected chi connectivity index (χ1v) is 38.0. The molecule has 0 aliphatic carbocycles. The Hall–Kier alpha value is -1.68. The van der Waals surface area contributed by atoms with E-state index in [1.54, 1.807) is 20.9 Å². The summed E-state index contributed by atoms with van der Waals surface area (Å²) in [6.45, 7) is 13.9. The van der Waals surface area contributed by atoms with Gasteiger partial charge in [0.15, 0.2) is 9.66 Å². The molecule has 0 aliphatic heterocycles.